The molecule has 0 saturated carbocycles. The molecular formula is C11H16ClN3. The van der Waals surface area contributed by atoms with Crippen LogP contribution in [0, 0.1) is 5.92 Å². The summed E-state index contributed by atoms with van der Waals surface area (Å²) in [5, 5.41) is 0.602. The fourth-order valence-corrected chi connectivity index (χ4v) is 2.18. The average Bonchev–Trinajstić information content (AvgIpc) is 2.50. The molecule has 0 amide bonds. The van der Waals surface area contributed by atoms with Gasteiger partial charge in [0, 0.05) is 37.4 Å². The largest absolute Gasteiger partial charge is 0.326 e. The maximum absolute atomic E-state index is 6.01. The van der Waals surface area contributed by atoms with Crippen molar-refractivity contribution in [2.45, 2.75) is 19.5 Å². The standard InChI is InChI=1S/C11H16ClN3/c1-8-5-15(7-10(8)13)6-9-3-2-4-14-11(9)12/h2-4,8,10H,5-7,13H2,1H3. The Kier molecular flexibility index (Phi) is 3.24. The Bertz CT molecular complexity index is 332. The molecule has 1 fully saturated rings. The maximum atomic E-state index is 6.01. The second kappa shape index (κ2) is 4.47. The van der Waals surface area contributed by atoms with Crippen molar-refractivity contribution in [2.75, 3.05) is 13.1 Å². The molecule has 82 valence electrons. The Morgan fingerprint density at radius 1 is 1.60 bits per heavy atom. The minimum atomic E-state index is 0.292. The predicted octanol–water partition coefficient (Wildman–Crippen LogP) is 1.51. The summed E-state index contributed by atoms with van der Waals surface area (Å²) >= 11 is 6.01. The van der Waals surface area contributed by atoms with Gasteiger partial charge in [-0.2, -0.15) is 0 Å². The monoisotopic (exact) mass is 225 g/mol. The van der Waals surface area contributed by atoms with E-state index < -0.39 is 0 Å². The van der Waals surface area contributed by atoms with E-state index in [9.17, 15) is 0 Å². The molecule has 15 heavy (non-hydrogen) atoms. The first-order valence-electron chi connectivity index (χ1n) is 5.24. The van der Waals surface area contributed by atoms with Gasteiger partial charge in [0.25, 0.3) is 0 Å². The maximum Gasteiger partial charge on any atom is 0.133 e. The van der Waals surface area contributed by atoms with Crippen molar-refractivity contribution in [1.29, 1.82) is 0 Å². The van der Waals surface area contributed by atoms with Gasteiger partial charge in [0.2, 0.25) is 0 Å². The zero-order chi connectivity index (χ0) is 10.8. The molecule has 1 aliphatic heterocycles. The molecule has 2 rings (SSSR count). The molecule has 3 nitrogen and oxygen atoms in total. The molecule has 0 aromatic carbocycles. The van der Waals surface area contributed by atoms with Gasteiger partial charge in [-0.1, -0.05) is 24.6 Å². The highest BCUT2D eigenvalue weighted by atomic mass is 35.5. The van der Waals surface area contributed by atoms with Crippen molar-refractivity contribution >= 4 is 11.6 Å². The first-order chi connectivity index (χ1) is 7.16. The summed E-state index contributed by atoms with van der Waals surface area (Å²) in [5.74, 6) is 0.570. The third kappa shape index (κ3) is 2.48. The number of aromatic nitrogens is 1. The van der Waals surface area contributed by atoms with Crippen LogP contribution in [0.2, 0.25) is 5.15 Å². The summed E-state index contributed by atoms with van der Waals surface area (Å²) in [6.07, 6.45) is 1.71. The van der Waals surface area contributed by atoms with Gasteiger partial charge in [-0.15, -0.1) is 0 Å². The summed E-state index contributed by atoms with van der Waals surface area (Å²) < 4.78 is 0. The normalized spacial score (nSPS) is 27.1. The van der Waals surface area contributed by atoms with Crippen LogP contribution in [0.1, 0.15) is 12.5 Å². The van der Waals surface area contributed by atoms with Crippen molar-refractivity contribution in [3.63, 3.8) is 0 Å². The Morgan fingerprint density at radius 2 is 2.40 bits per heavy atom. The molecule has 0 aliphatic carbocycles. The Balaban J connectivity index is 2.01. The molecule has 1 aromatic rings. The van der Waals surface area contributed by atoms with Gasteiger partial charge < -0.3 is 5.73 Å². The van der Waals surface area contributed by atoms with E-state index >= 15 is 0 Å². The second-order valence-corrected chi connectivity index (χ2v) is 4.65. The molecule has 0 radical (unpaired) electrons. The van der Waals surface area contributed by atoms with E-state index in [1.807, 2.05) is 12.1 Å². The Hall–Kier alpha value is -0.640. The van der Waals surface area contributed by atoms with Crippen LogP contribution in [-0.2, 0) is 6.54 Å². The number of likely N-dealkylation sites (tertiary alicyclic amines) is 1. The van der Waals surface area contributed by atoms with Crippen LogP contribution in [-0.4, -0.2) is 29.0 Å². The molecule has 2 unspecified atom stereocenters. The van der Waals surface area contributed by atoms with Gasteiger partial charge in [0.1, 0.15) is 5.15 Å². The fraction of sp³-hybridized carbons (Fsp3) is 0.545. The third-order valence-electron chi connectivity index (χ3n) is 2.98. The lowest BCUT2D eigenvalue weighted by Crippen LogP contribution is -2.28. The van der Waals surface area contributed by atoms with Crippen molar-refractivity contribution in [2.24, 2.45) is 11.7 Å². The SMILES string of the molecule is CC1CN(Cc2cccnc2Cl)CC1N. The molecular weight excluding hydrogens is 210 g/mol. The van der Waals surface area contributed by atoms with Crippen LogP contribution in [0.4, 0.5) is 0 Å². The van der Waals surface area contributed by atoms with E-state index in [0.29, 0.717) is 17.1 Å². The van der Waals surface area contributed by atoms with E-state index in [-0.39, 0.29) is 0 Å². The topological polar surface area (TPSA) is 42.2 Å². The number of hydrogen-bond donors (Lipinski definition) is 1. The Labute approximate surface area is 95.2 Å². The third-order valence-corrected chi connectivity index (χ3v) is 3.32. The van der Waals surface area contributed by atoms with Gasteiger partial charge in [0.05, 0.1) is 0 Å². The quantitative estimate of drug-likeness (QED) is 0.776. The number of halogens is 1. The van der Waals surface area contributed by atoms with E-state index in [2.05, 4.69) is 16.8 Å². The van der Waals surface area contributed by atoms with Gasteiger partial charge in [-0.05, 0) is 12.0 Å². The van der Waals surface area contributed by atoms with Crippen LogP contribution in [0.5, 0.6) is 0 Å². The highest BCUT2D eigenvalue weighted by Gasteiger charge is 2.26. The number of nitrogens with two attached hydrogens (primary N) is 1. The van der Waals surface area contributed by atoms with E-state index in [1.165, 1.54) is 0 Å². The zero-order valence-electron chi connectivity index (χ0n) is 8.86. The van der Waals surface area contributed by atoms with E-state index in [1.54, 1.807) is 6.20 Å². The lowest BCUT2D eigenvalue weighted by molar-refractivity contribution is 0.318. The smallest absolute Gasteiger partial charge is 0.133 e. The van der Waals surface area contributed by atoms with Gasteiger partial charge in [-0.3, -0.25) is 4.90 Å². The van der Waals surface area contributed by atoms with Crippen molar-refractivity contribution < 1.29 is 0 Å². The first-order valence-corrected chi connectivity index (χ1v) is 5.62. The molecule has 2 atom stereocenters. The summed E-state index contributed by atoms with van der Waals surface area (Å²) in [4.78, 5) is 6.40. The van der Waals surface area contributed by atoms with Crippen molar-refractivity contribution in [1.82, 2.24) is 9.88 Å². The van der Waals surface area contributed by atoms with Crippen LogP contribution >= 0.6 is 11.6 Å². The van der Waals surface area contributed by atoms with Crippen molar-refractivity contribution in [3.8, 4) is 0 Å². The molecule has 0 bridgehead atoms. The highest BCUT2D eigenvalue weighted by molar-refractivity contribution is 6.30. The van der Waals surface area contributed by atoms with Crippen LogP contribution in [0.3, 0.4) is 0 Å². The highest BCUT2D eigenvalue weighted by Crippen LogP contribution is 2.20. The van der Waals surface area contributed by atoms with Crippen LogP contribution in [0.25, 0.3) is 0 Å². The predicted molar refractivity (Wildman–Crippen MR) is 61.7 cm³/mol. The second-order valence-electron chi connectivity index (χ2n) is 4.29. The molecule has 4 heteroatoms. The summed E-state index contributed by atoms with van der Waals surface area (Å²) in [6.45, 7) is 5.04. The summed E-state index contributed by atoms with van der Waals surface area (Å²) in [6, 6.07) is 4.23. The van der Waals surface area contributed by atoms with E-state index in [4.69, 9.17) is 17.3 Å². The number of nitrogens with zero attached hydrogens (tertiary/aromatic N) is 2. The number of rotatable bonds is 2. The first kappa shape index (κ1) is 10.9. The van der Waals surface area contributed by atoms with Gasteiger partial charge in [0.15, 0.2) is 0 Å². The number of pyridine rings is 1. The lowest BCUT2D eigenvalue weighted by atomic mass is 10.1. The van der Waals surface area contributed by atoms with E-state index in [0.717, 1.165) is 25.2 Å². The molecule has 1 aromatic heterocycles. The lowest BCUT2D eigenvalue weighted by Gasteiger charge is -2.15. The summed E-state index contributed by atoms with van der Waals surface area (Å²) in [5.41, 5.74) is 7.05. The molecule has 2 N–H and O–H groups in total. The molecule has 1 aliphatic rings. The van der Waals surface area contributed by atoms with Crippen LogP contribution < -0.4 is 5.73 Å². The molecule has 0 spiro atoms. The summed E-state index contributed by atoms with van der Waals surface area (Å²) in [7, 11) is 0. The Morgan fingerprint density at radius 3 is 3.00 bits per heavy atom. The molecule has 1 saturated heterocycles. The van der Waals surface area contributed by atoms with Gasteiger partial charge >= 0.3 is 0 Å². The molecule has 2 heterocycles. The zero-order valence-corrected chi connectivity index (χ0v) is 9.61. The van der Waals surface area contributed by atoms with Crippen LogP contribution in [0.15, 0.2) is 18.3 Å². The fourth-order valence-electron chi connectivity index (χ4n) is 2.00. The number of hydrogen-bond acceptors (Lipinski definition) is 3. The minimum absolute atomic E-state index is 0.292. The van der Waals surface area contributed by atoms with Gasteiger partial charge in [-0.25, -0.2) is 4.98 Å². The minimum Gasteiger partial charge on any atom is -0.326 e. The average molecular weight is 226 g/mol. The van der Waals surface area contributed by atoms with Crippen molar-refractivity contribution in [3.05, 3.63) is 29.0 Å².